The summed E-state index contributed by atoms with van der Waals surface area (Å²) in [5.74, 6) is 1.10. The molecule has 0 saturated heterocycles. The molecule has 4 aromatic heterocycles. The number of furan rings is 2. The standard InChI is InChI=1S/C54H34N2O2/c1-5-16-47-39(12-1)43-28-33(35-22-26-53-45(30-35)41-14-3-7-18-51(41)57-53)20-24-49(43)55(47)37-10-9-11-38(32-37)56-48-17-6-2-13-40(48)44-29-34(21-25-50(44)56)36-23-27-54-46(31-36)42-15-4-8-19-52(42)58-54/h1-7,9-18,20-32H,8,19H2. The van der Waals surface area contributed by atoms with Crippen molar-refractivity contribution in [3.8, 4) is 33.6 Å². The van der Waals surface area contributed by atoms with Gasteiger partial charge in [-0.25, -0.2) is 0 Å². The van der Waals surface area contributed by atoms with Gasteiger partial charge in [0.1, 0.15) is 22.5 Å². The molecule has 4 heterocycles. The summed E-state index contributed by atoms with van der Waals surface area (Å²) in [6.45, 7) is 0. The molecule has 272 valence electrons. The fourth-order valence-corrected chi connectivity index (χ4v) is 9.67. The van der Waals surface area contributed by atoms with Gasteiger partial charge in [0.25, 0.3) is 0 Å². The average molecular weight is 743 g/mol. The van der Waals surface area contributed by atoms with Crippen LogP contribution in [-0.2, 0) is 6.42 Å². The highest BCUT2D eigenvalue weighted by molar-refractivity contribution is 6.13. The lowest BCUT2D eigenvalue weighted by molar-refractivity contribution is 0.546. The summed E-state index contributed by atoms with van der Waals surface area (Å²) >= 11 is 0. The fourth-order valence-electron chi connectivity index (χ4n) is 9.67. The van der Waals surface area contributed by atoms with Gasteiger partial charge in [-0.1, -0.05) is 97.1 Å². The molecule has 1 aliphatic rings. The topological polar surface area (TPSA) is 36.1 Å². The smallest absolute Gasteiger partial charge is 0.135 e. The molecule has 4 nitrogen and oxygen atoms in total. The summed E-state index contributed by atoms with van der Waals surface area (Å²) in [6.07, 6.45) is 6.47. The van der Waals surface area contributed by atoms with E-state index < -0.39 is 0 Å². The van der Waals surface area contributed by atoms with Crippen LogP contribution in [0.5, 0.6) is 0 Å². The van der Waals surface area contributed by atoms with Gasteiger partial charge < -0.3 is 18.0 Å². The highest BCUT2D eigenvalue weighted by Gasteiger charge is 2.19. The predicted molar refractivity (Wildman–Crippen MR) is 240 cm³/mol. The van der Waals surface area contributed by atoms with E-state index in [2.05, 4.69) is 179 Å². The van der Waals surface area contributed by atoms with Crippen LogP contribution in [-0.4, -0.2) is 9.13 Å². The first-order valence-electron chi connectivity index (χ1n) is 20.0. The van der Waals surface area contributed by atoms with Gasteiger partial charge in [0, 0.05) is 61.1 Å². The van der Waals surface area contributed by atoms with E-state index in [1.165, 1.54) is 76.8 Å². The minimum absolute atomic E-state index is 0.911. The van der Waals surface area contributed by atoms with Gasteiger partial charge in [-0.2, -0.15) is 0 Å². The van der Waals surface area contributed by atoms with Crippen LogP contribution in [0.25, 0.3) is 116 Å². The van der Waals surface area contributed by atoms with Crippen LogP contribution in [0, 0.1) is 0 Å². The number of rotatable bonds is 4. The van der Waals surface area contributed by atoms with Crippen molar-refractivity contribution < 1.29 is 8.83 Å². The normalized spacial score (nSPS) is 13.0. The number of aryl methyl sites for hydroxylation is 1. The summed E-state index contributed by atoms with van der Waals surface area (Å²) in [6, 6.07) is 61.8. The summed E-state index contributed by atoms with van der Waals surface area (Å²) in [5, 5.41) is 8.40. The molecule has 0 bridgehead atoms. The minimum Gasteiger partial charge on any atom is -0.460 e. The number of allylic oxidation sites excluding steroid dienone is 1. The molecule has 4 heteroatoms. The van der Waals surface area contributed by atoms with Crippen LogP contribution in [0.3, 0.4) is 0 Å². The molecule has 0 radical (unpaired) electrons. The van der Waals surface area contributed by atoms with Gasteiger partial charge in [-0.3, -0.25) is 0 Å². The summed E-state index contributed by atoms with van der Waals surface area (Å²) < 4.78 is 17.2. The second kappa shape index (κ2) is 12.0. The Morgan fingerprint density at radius 3 is 1.52 bits per heavy atom. The van der Waals surface area contributed by atoms with E-state index in [4.69, 9.17) is 8.83 Å². The molecule has 0 fully saturated rings. The Morgan fingerprint density at radius 1 is 0.362 bits per heavy atom. The van der Waals surface area contributed by atoms with Crippen LogP contribution >= 0.6 is 0 Å². The summed E-state index contributed by atoms with van der Waals surface area (Å²) in [4.78, 5) is 0. The van der Waals surface area contributed by atoms with Crippen molar-refractivity contribution >= 4 is 82.6 Å². The third-order valence-electron chi connectivity index (χ3n) is 12.4. The Morgan fingerprint density at radius 2 is 0.862 bits per heavy atom. The maximum Gasteiger partial charge on any atom is 0.135 e. The third-order valence-corrected chi connectivity index (χ3v) is 12.4. The van der Waals surface area contributed by atoms with E-state index in [0.717, 1.165) is 57.5 Å². The Balaban J connectivity index is 0.946. The Hall–Kier alpha value is -7.56. The van der Waals surface area contributed by atoms with Gasteiger partial charge >= 0.3 is 0 Å². The lowest BCUT2D eigenvalue weighted by Crippen LogP contribution is -1.98. The molecule has 1 aliphatic carbocycles. The molecule has 0 atom stereocenters. The lowest BCUT2D eigenvalue weighted by atomic mass is 9.98. The van der Waals surface area contributed by atoms with Crippen molar-refractivity contribution in [3.05, 3.63) is 187 Å². The van der Waals surface area contributed by atoms with Gasteiger partial charge in [0.2, 0.25) is 0 Å². The zero-order chi connectivity index (χ0) is 37.9. The first-order valence-corrected chi connectivity index (χ1v) is 20.0. The van der Waals surface area contributed by atoms with Crippen molar-refractivity contribution in [3.63, 3.8) is 0 Å². The molecular weight excluding hydrogens is 709 g/mol. The molecule has 0 spiro atoms. The molecule has 58 heavy (non-hydrogen) atoms. The number of aromatic nitrogens is 2. The van der Waals surface area contributed by atoms with Crippen molar-refractivity contribution in [2.24, 2.45) is 0 Å². The second-order valence-corrected chi connectivity index (χ2v) is 15.6. The lowest BCUT2D eigenvalue weighted by Gasteiger charge is -2.13. The predicted octanol–water partition coefficient (Wildman–Crippen LogP) is 14.8. The molecule has 0 amide bonds. The number of benzene rings is 8. The van der Waals surface area contributed by atoms with Crippen molar-refractivity contribution in [2.75, 3.05) is 0 Å². The van der Waals surface area contributed by atoms with E-state index >= 15 is 0 Å². The number of fused-ring (bicyclic) bond motifs is 12. The summed E-state index contributed by atoms with van der Waals surface area (Å²) in [7, 11) is 0. The molecular formula is C54H34N2O2. The van der Waals surface area contributed by atoms with Crippen molar-refractivity contribution in [1.29, 1.82) is 0 Å². The van der Waals surface area contributed by atoms with Gasteiger partial charge in [-0.05, 0) is 114 Å². The van der Waals surface area contributed by atoms with Crippen molar-refractivity contribution in [2.45, 2.75) is 12.8 Å². The van der Waals surface area contributed by atoms with Gasteiger partial charge in [-0.15, -0.1) is 0 Å². The second-order valence-electron chi connectivity index (χ2n) is 15.6. The zero-order valence-electron chi connectivity index (χ0n) is 31.4. The fraction of sp³-hybridized carbons (Fsp3) is 0.0370. The van der Waals surface area contributed by atoms with E-state index in [1.54, 1.807) is 0 Å². The first kappa shape index (κ1) is 31.6. The average Bonchev–Trinajstić information content (AvgIpc) is 4.03. The number of hydrogen-bond acceptors (Lipinski definition) is 2. The molecule has 0 N–H and O–H groups in total. The maximum atomic E-state index is 6.23. The van der Waals surface area contributed by atoms with Gasteiger partial charge in [0.15, 0.2) is 0 Å². The van der Waals surface area contributed by atoms with Crippen LogP contribution in [0.2, 0.25) is 0 Å². The molecule has 13 rings (SSSR count). The zero-order valence-corrected chi connectivity index (χ0v) is 31.4. The van der Waals surface area contributed by atoms with E-state index in [1.807, 2.05) is 12.1 Å². The molecule has 0 saturated carbocycles. The molecule has 12 aromatic rings. The number of nitrogens with zero attached hydrogens (tertiary/aromatic N) is 2. The highest BCUT2D eigenvalue weighted by Crippen LogP contribution is 2.40. The molecule has 8 aromatic carbocycles. The van der Waals surface area contributed by atoms with Gasteiger partial charge in [0.05, 0.1) is 22.1 Å². The monoisotopic (exact) mass is 742 g/mol. The SMILES string of the molecule is C1=Cc2c(oc3ccc(-c4ccc5c(c4)c4ccccc4n5-c4cccc(-n5c6ccccc6c6cc(-c7ccc8oc9ccccc9c8c7)ccc65)c4)cc23)CC1. The van der Waals surface area contributed by atoms with E-state index in [-0.39, 0.29) is 0 Å². The quantitative estimate of drug-likeness (QED) is 0.180. The molecule has 0 aliphatic heterocycles. The number of para-hydroxylation sites is 3. The van der Waals surface area contributed by atoms with Crippen LogP contribution in [0.4, 0.5) is 0 Å². The van der Waals surface area contributed by atoms with Crippen molar-refractivity contribution in [1.82, 2.24) is 9.13 Å². The Bertz CT molecular complexity index is 3700. The maximum absolute atomic E-state index is 6.23. The third kappa shape index (κ3) is 4.57. The Kier molecular flexibility index (Phi) is 6.53. The molecule has 0 unspecified atom stereocenters. The number of hydrogen-bond donors (Lipinski definition) is 0. The minimum atomic E-state index is 0.911. The van der Waals surface area contributed by atoms with E-state index in [9.17, 15) is 0 Å². The first-order chi connectivity index (χ1) is 28.7. The van der Waals surface area contributed by atoms with Crippen LogP contribution in [0.1, 0.15) is 17.7 Å². The highest BCUT2D eigenvalue weighted by atomic mass is 16.3. The van der Waals surface area contributed by atoms with Crippen LogP contribution < -0.4 is 0 Å². The Labute approximate surface area is 333 Å². The van der Waals surface area contributed by atoms with Crippen LogP contribution in [0.15, 0.2) is 185 Å². The van der Waals surface area contributed by atoms with E-state index in [0.29, 0.717) is 0 Å². The summed E-state index contributed by atoms with van der Waals surface area (Å²) in [5.41, 5.74) is 15.7. The largest absolute Gasteiger partial charge is 0.460 e.